The van der Waals surface area contributed by atoms with Gasteiger partial charge in [-0.1, -0.05) is 25.3 Å². The number of nitriles is 1. The van der Waals surface area contributed by atoms with Crippen LogP contribution in [0.5, 0.6) is 0 Å². The number of anilines is 1. The van der Waals surface area contributed by atoms with E-state index in [4.69, 9.17) is 0 Å². The van der Waals surface area contributed by atoms with Gasteiger partial charge < -0.3 is 14.9 Å². The van der Waals surface area contributed by atoms with Gasteiger partial charge in [0, 0.05) is 26.2 Å². The number of rotatable bonds is 3. The van der Waals surface area contributed by atoms with Crippen molar-refractivity contribution in [1.82, 2.24) is 4.90 Å². The summed E-state index contributed by atoms with van der Waals surface area (Å²) in [5.41, 5.74) is -0.206. The van der Waals surface area contributed by atoms with Gasteiger partial charge in [0.15, 0.2) is 0 Å². The second kappa shape index (κ2) is 7.40. The number of hydrogen-bond acceptors (Lipinski definition) is 4. The van der Waals surface area contributed by atoms with Crippen LogP contribution in [0.25, 0.3) is 0 Å². The molecule has 1 aromatic carbocycles. The van der Waals surface area contributed by atoms with Gasteiger partial charge in [0.1, 0.15) is 17.4 Å². The topological polar surface area (TPSA) is 67.6 Å². The fraction of sp³-hybridized carbons (Fsp3) is 0.579. The van der Waals surface area contributed by atoms with E-state index in [0.717, 1.165) is 19.3 Å². The second-order valence-corrected chi connectivity index (χ2v) is 7.08. The second-order valence-electron chi connectivity index (χ2n) is 7.08. The molecule has 0 aromatic heterocycles. The minimum atomic E-state index is -0.844. The van der Waals surface area contributed by atoms with E-state index >= 15 is 0 Å². The highest BCUT2D eigenvalue weighted by Gasteiger charge is 2.34. The molecule has 1 amide bonds. The first-order valence-electron chi connectivity index (χ1n) is 8.96. The molecule has 134 valence electrons. The molecule has 1 heterocycles. The summed E-state index contributed by atoms with van der Waals surface area (Å²) in [7, 11) is 0. The van der Waals surface area contributed by atoms with Gasteiger partial charge >= 0.3 is 0 Å². The van der Waals surface area contributed by atoms with Gasteiger partial charge in [-0.3, -0.25) is 4.79 Å². The lowest BCUT2D eigenvalue weighted by Crippen LogP contribution is -2.50. The zero-order valence-corrected chi connectivity index (χ0v) is 14.4. The first kappa shape index (κ1) is 17.7. The van der Waals surface area contributed by atoms with E-state index in [1.807, 2.05) is 11.0 Å². The van der Waals surface area contributed by atoms with Crippen molar-refractivity contribution in [3.05, 3.63) is 29.6 Å². The zero-order valence-electron chi connectivity index (χ0n) is 14.4. The van der Waals surface area contributed by atoms with Gasteiger partial charge in [-0.25, -0.2) is 4.39 Å². The summed E-state index contributed by atoms with van der Waals surface area (Å²) in [6, 6.07) is 6.55. The number of hydrogen-bond donors (Lipinski definition) is 1. The summed E-state index contributed by atoms with van der Waals surface area (Å²) in [6.45, 7) is 2.16. The number of halogens is 1. The predicted molar refractivity (Wildman–Crippen MR) is 92.6 cm³/mol. The first-order valence-corrected chi connectivity index (χ1v) is 8.96. The summed E-state index contributed by atoms with van der Waals surface area (Å²) in [5.74, 6) is -0.526. The number of piperazine rings is 1. The summed E-state index contributed by atoms with van der Waals surface area (Å²) >= 11 is 0. The average Bonchev–Trinajstić information content (AvgIpc) is 2.62. The Hall–Kier alpha value is -2.13. The van der Waals surface area contributed by atoms with Crippen molar-refractivity contribution in [1.29, 1.82) is 5.26 Å². The Morgan fingerprint density at radius 1 is 1.20 bits per heavy atom. The Bertz CT molecular complexity index is 672. The Balaban J connectivity index is 1.60. The smallest absolute Gasteiger partial charge is 0.225 e. The molecule has 0 atom stereocenters. The average molecular weight is 345 g/mol. The highest BCUT2D eigenvalue weighted by molar-refractivity contribution is 5.77. The summed E-state index contributed by atoms with van der Waals surface area (Å²) in [6.07, 6.45) is 4.68. The maximum absolute atomic E-state index is 13.8. The number of amides is 1. The summed E-state index contributed by atoms with van der Waals surface area (Å²) < 4.78 is 13.8. The molecular weight excluding hydrogens is 321 g/mol. The van der Waals surface area contributed by atoms with Crippen molar-refractivity contribution in [3.8, 4) is 6.07 Å². The van der Waals surface area contributed by atoms with Gasteiger partial charge in [0.2, 0.25) is 5.91 Å². The monoisotopic (exact) mass is 345 g/mol. The van der Waals surface area contributed by atoms with Crippen LogP contribution in [0.3, 0.4) is 0 Å². The highest BCUT2D eigenvalue weighted by atomic mass is 19.1. The lowest BCUT2D eigenvalue weighted by molar-refractivity contribution is -0.138. The van der Waals surface area contributed by atoms with Crippen LogP contribution in [-0.2, 0) is 4.79 Å². The number of carbonyl (C=O) groups excluding carboxylic acids is 1. The van der Waals surface area contributed by atoms with Crippen molar-refractivity contribution in [3.63, 3.8) is 0 Å². The minimum Gasteiger partial charge on any atom is -0.389 e. The van der Waals surface area contributed by atoms with E-state index in [-0.39, 0.29) is 17.9 Å². The fourth-order valence-electron chi connectivity index (χ4n) is 3.86. The van der Waals surface area contributed by atoms with Gasteiger partial charge in [-0.15, -0.1) is 0 Å². The van der Waals surface area contributed by atoms with Crippen molar-refractivity contribution in [2.24, 2.45) is 0 Å². The standard InChI is InChI=1S/C19H24FN3O2/c20-16-5-4-6-17(15(16)14-21)22-9-11-23(12-10-22)18(24)13-19(25)7-2-1-3-8-19/h4-6,25H,1-3,7-13H2. The minimum absolute atomic E-state index is 0.0104. The van der Waals surface area contributed by atoms with E-state index < -0.39 is 11.4 Å². The maximum atomic E-state index is 13.8. The first-order chi connectivity index (χ1) is 12.0. The molecule has 0 bridgehead atoms. The van der Waals surface area contributed by atoms with Crippen LogP contribution in [0, 0.1) is 17.1 Å². The molecule has 0 spiro atoms. The van der Waals surface area contributed by atoms with Gasteiger partial charge in [-0.2, -0.15) is 5.26 Å². The molecule has 1 N–H and O–H groups in total. The van der Waals surface area contributed by atoms with Gasteiger partial charge in [-0.05, 0) is 25.0 Å². The number of nitrogens with zero attached hydrogens (tertiary/aromatic N) is 3. The van der Waals surface area contributed by atoms with Crippen LogP contribution in [0.1, 0.15) is 44.1 Å². The van der Waals surface area contributed by atoms with Crippen LogP contribution in [-0.4, -0.2) is 47.7 Å². The van der Waals surface area contributed by atoms with Crippen LogP contribution >= 0.6 is 0 Å². The lowest BCUT2D eigenvalue weighted by atomic mass is 9.82. The van der Waals surface area contributed by atoms with Gasteiger partial charge in [0.25, 0.3) is 0 Å². The third-order valence-corrected chi connectivity index (χ3v) is 5.34. The molecule has 2 fully saturated rings. The molecule has 1 aliphatic carbocycles. The Labute approximate surface area is 147 Å². The Morgan fingerprint density at radius 3 is 2.52 bits per heavy atom. The third kappa shape index (κ3) is 3.93. The molecular formula is C19H24FN3O2. The SMILES string of the molecule is N#Cc1c(F)cccc1N1CCN(C(=O)CC2(O)CCCCC2)CC1. The van der Waals surface area contributed by atoms with E-state index in [1.165, 1.54) is 6.07 Å². The van der Waals surface area contributed by atoms with Crippen LogP contribution in [0.4, 0.5) is 10.1 Å². The van der Waals surface area contributed by atoms with Crippen LogP contribution in [0.15, 0.2) is 18.2 Å². The molecule has 2 aliphatic rings. The van der Waals surface area contributed by atoms with Crippen molar-refractivity contribution in [2.75, 3.05) is 31.1 Å². The lowest BCUT2D eigenvalue weighted by Gasteiger charge is -2.38. The molecule has 0 radical (unpaired) electrons. The van der Waals surface area contributed by atoms with Gasteiger partial charge in [0.05, 0.1) is 17.7 Å². The van der Waals surface area contributed by atoms with E-state index in [2.05, 4.69) is 0 Å². The molecule has 1 aromatic rings. The van der Waals surface area contributed by atoms with E-state index in [9.17, 15) is 19.6 Å². The Kier molecular flexibility index (Phi) is 5.24. The maximum Gasteiger partial charge on any atom is 0.225 e. The Morgan fingerprint density at radius 2 is 1.88 bits per heavy atom. The van der Waals surface area contributed by atoms with Crippen molar-refractivity contribution in [2.45, 2.75) is 44.1 Å². The summed E-state index contributed by atoms with van der Waals surface area (Å²) in [4.78, 5) is 16.2. The number of aliphatic hydroxyl groups is 1. The molecule has 6 heteroatoms. The molecule has 1 aliphatic heterocycles. The number of carbonyl (C=O) groups is 1. The molecule has 1 saturated carbocycles. The van der Waals surface area contributed by atoms with Crippen molar-refractivity contribution >= 4 is 11.6 Å². The predicted octanol–water partition coefficient (Wildman–Crippen LogP) is 2.43. The third-order valence-electron chi connectivity index (χ3n) is 5.34. The fourth-order valence-corrected chi connectivity index (χ4v) is 3.86. The van der Waals surface area contributed by atoms with E-state index in [0.29, 0.717) is 44.7 Å². The van der Waals surface area contributed by atoms with Crippen molar-refractivity contribution < 1.29 is 14.3 Å². The molecule has 3 rings (SSSR count). The molecule has 0 unspecified atom stereocenters. The largest absolute Gasteiger partial charge is 0.389 e. The number of benzene rings is 1. The molecule has 25 heavy (non-hydrogen) atoms. The highest BCUT2D eigenvalue weighted by Crippen LogP contribution is 2.31. The summed E-state index contributed by atoms with van der Waals surface area (Å²) in [5, 5.41) is 19.7. The van der Waals surface area contributed by atoms with E-state index in [1.54, 1.807) is 17.0 Å². The van der Waals surface area contributed by atoms with Crippen LogP contribution < -0.4 is 4.90 Å². The normalized spacial score (nSPS) is 20.2. The molecule has 5 nitrogen and oxygen atoms in total. The van der Waals surface area contributed by atoms with Crippen LogP contribution in [0.2, 0.25) is 0 Å². The quantitative estimate of drug-likeness (QED) is 0.914. The molecule has 1 saturated heterocycles. The zero-order chi connectivity index (χ0) is 17.9.